The maximum atomic E-state index is 7.25. The maximum absolute atomic E-state index is 7.25. The molecule has 4 heteroatoms. The number of thiocarbonyl (C=S) groups is 1. The highest BCUT2D eigenvalue weighted by Gasteiger charge is 2.35. The van der Waals surface area contributed by atoms with Crippen molar-refractivity contribution in [1.82, 2.24) is 4.57 Å². The summed E-state index contributed by atoms with van der Waals surface area (Å²) >= 11 is 5.68. The van der Waals surface area contributed by atoms with Crippen molar-refractivity contribution in [2.45, 2.75) is 45.6 Å². The van der Waals surface area contributed by atoms with Gasteiger partial charge in [-0.25, -0.2) is 0 Å². The Balaban J connectivity index is 2.18. The van der Waals surface area contributed by atoms with Crippen LogP contribution in [-0.2, 0) is 12.5 Å². The molecule has 3 nitrogen and oxygen atoms in total. The third-order valence-electron chi connectivity index (χ3n) is 4.87. The number of benzene rings is 1. The zero-order chi connectivity index (χ0) is 17.6. The molecule has 0 saturated carbocycles. The normalized spacial score (nSPS) is 16.2. The second kappa shape index (κ2) is 5.75. The van der Waals surface area contributed by atoms with Gasteiger partial charge in [0.15, 0.2) is 0 Å². The Bertz CT molecular complexity index is 852. The van der Waals surface area contributed by atoms with E-state index in [2.05, 4.69) is 55.6 Å². The van der Waals surface area contributed by atoms with Crippen LogP contribution in [0, 0.1) is 6.57 Å². The van der Waals surface area contributed by atoms with Gasteiger partial charge in [0.05, 0.1) is 12.0 Å². The lowest BCUT2D eigenvalue weighted by atomic mass is 9.76. The molecule has 0 aliphatic carbocycles. The third kappa shape index (κ3) is 2.53. The molecule has 1 aliphatic heterocycles. The Morgan fingerprint density at radius 1 is 1.21 bits per heavy atom. The van der Waals surface area contributed by atoms with Gasteiger partial charge in [0, 0.05) is 23.7 Å². The molecule has 0 atom stereocenters. The van der Waals surface area contributed by atoms with Gasteiger partial charge in [0.1, 0.15) is 5.69 Å². The van der Waals surface area contributed by atoms with Gasteiger partial charge in [0.2, 0.25) is 5.82 Å². The van der Waals surface area contributed by atoms with Gasteiger partial charge in [-0.3, -0.25) is 4.57 Å². The van der Waals surface area contributed by atoms with Gasteiger partial charge in [-0.1, -0.05) is 32.6 Å². The van der Waals surface area contributed by atoms with Crippen LogP contribution in [0.2, 0.25) is 0 Å². The van der Waals surface area contributed by atoms with Gasteiger partial charge in [-0.15, -0.1) is 0 Å². The lowest BCUT2D eigenvalue weighted by Gasteiger charge is -2.42. The largest absolute Gasteiger partial charge is 0.364 e. The number of fused-ring (bicyclic) bond motifs is 1. The average Bonchev–Trinajstić information content (AvgIpc) is 2.87. The average molecular weight is 337 g/mol. The minimum atomic E-state index is 0.0155. The first kappa shape index (κ1) is 16.7. The highest BCUT2D eigenvalue weighted by molar-refractivity contribution is 7.80. The van der Waals surface area contributed by atoms with Gasteiger partial charge < -0.3 is 9.74 Å². The van der Waals surface area contributed by atoms with Gasteiger partial charge in [-0.05, 0) is 55.2 Å². The standard InChI is InChI=1S/C20H23N3S/c1-13(2)23-17-8-7-14(16-9-10-18(21-5)22(16)6)11-15(17)20(3,4)12-19(23)24/h7-11,13H,12H2,1-4,6H3. The van der Waals surface area contributed by atoms with Crippen molar-refractivity contribution in [1.29, 1.82) is 0 Å². The molecule has 124 valence electrons. The minimum Gasteiger partial charge on any atom is -0.364 e. The molecule has 2 aromatic rings. The van der Waals surface area contributed by atoms with Crippen molar-refractivity contribution in [2.24, 2.45) is 7.05 Å². The molecule has 0 bridgehead atoms. The summed E-state index contributed by atoms with van der Waals surface area (Å²) in [5, 5.41) is 0. The van der Waals surface area contributed by atoms with Crippen LogP contribution in [-0.4, -0.2) is 15.6 Å². The molecule has 0 saturated heterocycles. The fourth-order valence-electron chi connectivity index (χ4n) is 3.61. The van der Waals surface area contributed by atoms with Gasteiger partial charge in [0.25, 0.3) is 0 Å². The van der Waals surface area contributed by atoms with Crippen LogP contribution in [0.15, 0.2) is 30.3 Å². The number of nitrogens with zero attached hydrogens (tertiary/aromatic N) is 3. The first-order chi connectivity index (χ1) is 11.3. The molecule has 0 amide bonds. The monoisotopic (exact) mass is 337 g/mol. The summed E-state index contributed by atoms with van der Waals surface area (Å²) in [7, 11) is 1.95. The quantitative estimate of drug-likeness (QED) is 0.532. The fraction of sp³-hybridized carbons (Fsp3) is 0.400. The van der Waals surface area contributed by atoms with Crippen molar-refractivity contribution in [3.05, 3.63) is 47.3 Å². The zero-order valence-electron chi connectivity index (χ0n) is 14.9. The molecule has 1 aromatic carbocycles. The molecule has 2 heterocycles. The molecule has 0 radical (unpaired) electrons. The number of rotatable bonds is 2. The summed E-state index contributed by atoms with van der Waals surface area (Å²) in [6.07, 6.45) is 0.886. The Labute approximate surface area is 149 Å². The van der Waals surface area contributed by atoms with E-state index in [9.17, 15) is 0 Å². The van der Waals surface area contributed by atoms with Crippen LogP contribution in [0.5, 0.6) is 0 Å². The fourth-order valence-corrected chi connectivity index (χ4v) is 4.28. The zero-order valence-corrected chi connectivity index (χ0v) is 15.7. The van der Waals surface area contributed by atoms with E-state index in [-0.39, 0.29) is 5.41 Å². The highest BCUT2D eigenvalue weighted by Crippen LogP contribution is 2.43. The van der Waals surface area contributed by atoms with E-state index in [4.69, 9.17) is 18.8 Å². The maximum Gasteiger partial charge on any atom is 0.230 e. The Kier molecular flexibility index (Phi) is 4.01. The molecule has 24 heavy (non-hydrogen) atoms. The summed E-state index contributed by atoms with van der Waals surface area (Å²) in [6, 6.07) is 10.8. The predicted molar refractivity (Wildman–Crippen MR) is 105 cm³/mol. The smallest absolute Gasteiger partial charge is 0.230 e. The number of aromatic nitrogens is 1. The van der Waals surface area contributed by atoms with Crippen LogP contribution in [0.3, 0.4) is 0 Å². The number of hydrogen-bond donors (Lipinski definition) is 0. The second-order valence-electron chi connectivity index (χ2n) is 7.40. The third-order valence-corrected chi connectivity index (χ3v) is 5.21. The molecule has 1 aliphatic rings. The summed E-state index contributed by atoms with van der Waals surface area (Å²) in [6.45, 7) is 16.1. The summed E-state index contributed by atoms with van der Waals surface area (Å²) in [5.41, 5.74) is 4.78. The summed E-state index contributed by atoms with van der Waals surface area (Å²) in [4.78, 5) is 6.86. The Morgan fingerprint density at radius 3 is 2.50 bits per heavy atom. The Morgan fingerprint density at radius 2 is 1.92 bits per heavy atom. The molecule has 0 unspecified atom stereocenters. The molecule has 0 fully saturated rings. The molecule has 3 rings (SSSR count). The molecule has 0 spiro atoms. The van der Waals surface area contributed by atoms with Crippen molar-refractivity contribution in [2.75, 3.05) is 4.90 Å². The first-order valence-corrected chi connectivity index (χ1v) is 8.67. The van der Waals surface area contributed by atoms with Gasteiger partial charge in [-0.2, -0.15) is 0 Å². The van der Waals surface area contributed by atoms with Crippen molar-refractivity contribution in [3.8, 4) is 11.3 Å². The van der Waals surface area contributed by atoms with E-state index in [1.54, 1.807) is 0 Å². The SMILES string of the molecule is [C-]#[N+]c1ccc(-c2ccc3c(c2)C(C)(C)CC(=S)N3C(C)C)n1C. The molecular formula is C20H23N3S. The number of anilines is 1. The lowest BCUT2D eigenvalue weighted by molar-refractivity contribution is 0.532. The lowest BCUT2D eigenvalue weighted by Crippen LogP contribution is -2.44. The van der Waals surface area contributed by atoms with Gasteiger partial charge >= 0.3 is 0 Å². The topological polar surface area (TPSA) is 12.5 Å². The Hall–Kier alpha value is -2.12. The summed E-state index contributed by atoms with van der Waals surface area (Å²) in [5.74, 6) is 0.659. The minimum absolute atomic E-state index is 0.0155. The number of hydrogen-bond acceptors (Lipinski definition) is 1. The van der Waals surface area contributed by atoms with E-state index in [1.807, 2.05) is 23.7 Å². The van der Waals surface area contributed by atoms with Crippen LogP contribution < -0.4 is 4.90 Å². The summed E-state index contributed by atoms with van der Waals surface area (Å²) < 4.78 is 1.95. The highest BCUT2D eigenvalue weighted by atomic mass is 32.1. The van der Waals surface area contributed by atoms with E-state index in [0.717, 1.165) is 22.7 Å². The predicted octanol–water partition coefficient (Wildman–Crippen LogP) is 5.47. The van der Waals surface area contributed by atoms with Crippen molar-refractivity contribution in [3.63, 3.8) is 0 Å². The van der Waals surface area contributed by atoms with Crippen LogP contribution in [0.4, 0.5) is 11.5 Å². The first-order valence-electron chi connectivity index (χ1n) is 8.26. The van der Waals surface area contributed by atoms with Crippen LogP contribution in [0.1, 0.15) is 39.7 Å². The van der Waals surface area contributed by atoms with E-state index >= 15 is 0 Å². The van der Waals surface area contributed by atoms with Crippen molar-refractivity contribution >= 4 is 28.7 Å². The van der Waals surface area contributed by atoms with Crippen molar-refractivity contribution < 1.29 is 0 Å². The van der Waals surface area contributed by atoms with E-state index < -0.39 is 0 Å². The molecule has 0 N–H and O–H groups in total. The van der Waals surface area contributed by atoms with E-state index in [0.29, 0.717) is 11.9 Å². The van der Waals surface area contributed by atoms with E-state index in [1.165, 1.54) is 11.3 Å². The van der Waals surface area contributed by atoms with Crippen LogP contribution >= 0.6 is 12.2 Å². The molecule has 1 aromatic heterocycles. The second-order valence-corrected chi connectivity index (χ2v) is 7.87. The van der Waals surface area contributed by atoms with Crippen LogP contribution in [0.25, 0.3) is 16.1 Å². The molecular weight excluding hydrogens is 314 g/mol.